The predicted octanol–water partition coefficient (Wildman–Crippen LogP) is 2.70. The van der Waals surface area contributed by atoms with Gasteiger partial charge in [0.15, 0.2) is 0 Å². The van der Waals surface area contributed by atoms with E-state index in [0.29, 0.717) is 17.8 Å². The van der Waals surface area contributed by atoms with Crippen molar-refractivity contribution in [2.45, 2.75) is 26.8 Å². The molecule has 0 fully saturated rings. The molecule has 3 heteroatoms. The highest BCUT2D eigenvalue weighted by molar-refractivity contribution is 6.07. The number of carbonyl (C=O) groups is 1. The van der Waals surface area contributed by atoms with Crippen LogP contribution < -0.4 is 0 Å². The topological polar surface area (TPSA) is 34.9 Å². The number of aromatic nitrogens is 2. The molecule has 1 aromatic carbocycles. The van der Waals surface area contributed by atoms with Gasteiger partial charge in [-0.2, -0.15) is 5.10 Å². The quantitative estimate of drug-likeness (QED) is 0.754. The molecule has 0 aliphatic rings. The molecule has 0 spiro atoms. The Morgan fingerprint density at radius 1 is 1.24 bits per heavy atom. The van der Waals surface area contributed by atoms with Gasteiger partial charge in [-0.15, -0.1) is 0 Å². The predicted molar refractivity (Wildman–Crippen MR) is 67.2 cm³/mol. The van der Waals surface area contributed by atoms with Crippen LogP contribution in [0.2, 0.25) is 0 Å². The summed E-state index contributed by atoms with van der Waals surface area (Å²) in [6.45, 7) is 4.75. The summed E-state index contributed by atoms with van der Waals surface area (Å²) in [5.74, 6) is 0.0413. The minimum atomic E-state index is 0.0413. The fourth-order valence-corrected chi connectivity index (χ4v) is 1.80. The monoisotopic (exact) mass is 228 g/mol. The standard InChI is InChI=1S/C14H16N2O/c1-3-12-10-13(16(4-2)15-12)14(17)11-8-6-5-7-9-11/h5-10H,3-4H2,1-2H3. The van der Waals surface area contributed by atoms with Crippen LogP contribution in [0.4, 0.5) is 0 Å². The first kappa shape index (κ1) is 11.6. The molecule has 17 heavy (non-hydrogen) atoms. The Bertz CT molecular complexity index is 514. The lowest BCUT2D eigenvalue weighted by atomic mass is 10.1. The van der Waals surface area contributed by atoms with Gasteiger partial charge >= 0.3 is 0 Å². The van der Waals surface area contributed by atoms with E-state index in [9.17, 15) is 4.79 Å². The summed E-state index contributed by atoms with van der Waals surface area (Å²) >= 11 is 0. The van der Waals surface area contributed by atoms with Crippen LogP contribution in [-0.2, 0) is 13.0 Å². The Hall–Kier alpha value is -1.90. The molecule has 1 aromatic heterocycles. The van der Waals surface area contributed by atoms with E-state index in [2.05, 4.69) is 5.10 Å². The van der Waals surface area contributed by atoms with Gasteiger partial charge in [-0.05, 0) is 19.4 Å². The average Bonchev–Trinajstić information content (AvgIpc) is 2.82. The van der Waals surface area contributed by atoms with Gasteiger partial charge in [0.05, 0.1) is 5.69 Å². The van der Waals surface area contributed by atoms with Crippen LogP contribution in [0, 0.1) is 0 Å². The fraction of sp³-hybridized carbons (Fsp3) is 0.286. The summed E-state index contributed by atoms with van der Waals surface area (Å²) in [6.07, 6.45) is 0.849. The normalized spacial score (nSPS) is 10.5. The highest BCUT2D eigenvalue weighted by Crippen LogP contribution is 2.12. The van der Waals surface area contributed by atoms with Crippen molar-refractivity contribution in [2.75, 3.05) is 0 Å². The average molecular weight is 228 g/mol. The molecule has 2 rings (SSSR count). The molecule has 0 unspecified atom stereocenters. The van der Waals surface area contributed by atoms with Gasteiger partial charge in [0.25, 0.3) is 0 Å². The molecule has 1 heterocycles. The zero-order valence-corrected chi connectivity index (χ0v) is 10.2. The second-order valence-corrected chi connectivity index (χ2v) is 3.89. The van der Waals surface area contributed by atoms with Crippen LogP contribution >= 0.6 is 0 Å². The Kier molecular flexibility index (Phi) is 3.38. The number of carbonyl (C=O) groups excluding carboxylic acids is 1. The third-order valence-electron chi connectivity index (χ3n) is 2.76. The first-order valence-corrected chi connectivity index (χ1v) is 5.92. The molecule has 0 saturated carbocycles. The van der Waals surface area contributed by atoms with Crippen molar-refractivity contribution >= 4 is 5.78 Å². The molecule has 0 radical (unpaired) electrons. The second-order valence-electron chi connectivity index (χ2n) is 3.89. The lowest BCUT2D eigenvalue weighted by molar-refractivity contribution is 0.102. The van der Waals surface area contributed by atoms with E-state index in [1.807, 2.05) is 50.2 Å². The highest BCUT2D eigenvalue weighted by atomic mass is 16.1. The zero-order valence-electron chi connectivity index (χ0n) is 10.2. The van der Waals surface area contributed by atoms with Crippen LogP contribution in [0.3, 0.4) is 0 Å². The number of rotatable bonds is 4. The Labute approximate surface area is 101 Å². The maximum atomic E-state index is 12.3. The van der Waals surface area contributed by atoms with Crippen LogP contribution in [-0.4, -0.2) is 15.6 Å². The van der Waals surface area contributed by atoms with E-state index in [1.54, 1.807) is 4.68 Å². The van der Waals surface area contributed by atoms with Gasteiger partial charge in [-0.1, -0.05) is 37.3 Å². The molecule has 0 N–H and O–H groups in total. The highest BCUT2D eigenvalue weighted by Gasteiger charge is 2.15. The first-order valence-electron chi connectivity index (χ1n) is 5.92. The van der Waals surface area contributed by atoms with Gasteiger partial charge in [-0.25, -0.2) is 0 Å². The largest absolute Gasteiger partial charge is 0.287 e. The number of hydrogen-bond donors (Lipinski definition) is 0. The van der Waals surface area contributed by atoms with E-state index in [4.69, 9.17) is 0 Å². The molecule has 0 atom stereocenters. The van der Waals surface area contributed by atoms with Crippen LogP contribution in [0.1, 0.15) is 35.6 Å². The lowest BCUT2D eigenvalue weighted by Crippen LogP contribution is -2.10. The number of aryl methyl sites for hydroxylation is 2. The molecule has 0 amide bonds. The van der Waals surface area contributed by atoms with E-state index >= 15 is 0 Å². The first-order chi connectivity index (χ1) is 8.26. The lowest BCUT2D eigenvalue weighted by Gasteiger charge is -2.03. The van der Waals surface area contributed by atoms with Gasteiger partial charge in [0.2, 0.25) is 5.78 Å². The maximum absolute atomic E-state index is 12.3. The van der Waals surface area contributed by atoms with E-state index < -0.39 is 0 Å². The van der Waals surface area contributed by atoms with Gasteiger partial charge < -0.3 is 0 Å². The van der Waals surface area contributed by atoms with Crippen molar-refractivity contribution in [1.29, 1.82) is 0 Å². The molecule has 0 bridgehead atoms. The van der Waals surface area contributed by atoms with Crippen molar-refractivity contribution < 1.29 is 4.79 Å². The van der Waals surface area contributed by atoms with Crippen molar-refractivity contribution in [2.24, 2.45) is 0 Å². The SMILES string of the molecule is CCc1cc(C(=O)c2ccccc2)n(CC)n1. The Morgan fingerprint density at radius 3 is 2.53 bits per heavy atom. The van der Waals surface area contributed by atoms with Gasteiger partial charge in [0, 0.05) is 12.1 Å². The zero-order chi connectivity index (χ0) is 12.3. The van der Waals surface area contributed by atoms with Gasteiger partial charge in [0.1, 0.15) is 5.69 Å². The summed E-state index contributed by atoms with van der Waals surface area (Å²) in [6, 6.07) is 11.2. The smallest absolute Gasteiger partial charge is 0.211 e. The van der Waals surface area contributed by atoms with Crippen LogP contribution in [0.5, 0.6) is 0 Å². The summed E-state index contributed by atoms with van der Waals surface area (Å²) in [7, 11) is 0. The third-order valence-corrected chi connectivity index (χ3v) is 2.76. The number of nitrogens with zero attached hydrogens (tertiary/aromatic N) is 2. The Balaban J connectivity index is 2.40. The summed E-state index contributed by atoms with van der Waals surface area (Å²) in [5, 5.41) is 4.39. The van der Waals surface area contributed by atoms with Crippen molar-refractivity contribution in [1.82, 2.24) is 9.78 Å². The number of hydrogen-bond acceptors (Lipinski definition) is 2. The third kappa shape index (κ3) is 2.28. The number of benzene rings is 1. The Morgan fingerprint density at radius 2 is 1.94 bits per heavy atom. The van der Waals surface area contributed by atoms with E-state index in [1.165, 1.54) is 0 Å². The molecule has 88 valence electrons. The maximum Gasteiger partial charge on any atom is 0.211 e. The van der Waals surface area contributed by atoms with Crippen molar-refractivity contribution in [3.8, 4) is 0 Å². The molecule has 0 saturated heterocycles. The van der Waals surface area contributed by atoms with E-state index in [-0.39, 0.29) is 5.78 Å². The molecular weight excluding hydrogens is 212 g/mol. The summed E-state index contributed by atoms with van der Waals surface area (Å²) in [5.41, 5.74) is 2.35. The summed E-state index contributed by atoms with van der Waals surface area (Å²) in [4.78, 5) is 12.3. The molecule has 0 aliphatic carbocycles. The van der Waals surface area contributed by atoms with Crippen LogP contribution in [0.15, 0.2) is 36.4 Å². The van der Waals surface area contributed by atoms with Crippen LogP contribution in [0.25, 0.3) is 0 Å². The molecule has 3 nitrogen and oxygen atoms in total. The minimum absolute atomic E-state index is 0.0413. The van der Waals surface area contributed by atoms with Crippen molar-refractivity contribution in [3.63, 3.8) is 0 Å². The fourth-order valence-electron chi connectivity index (χ4n) is 1.80. The van der Waals surface area contributed by atoms with Crippen molar-refractivity contribution in [3.05, 3.63) is 53.3 Å². The number of ketones is 1. The van der Waals surface area contributed by atoms with E-state index in [0.717, 1.165) is 12.1 Å². The second kappa shape index (κ2) is 4.95. The van der Waals surface area contributed by atoms with Gasteiger partial charge in [-0.3, -0.25) is 9.48 Å². The molecule has 0 aliphatic heterocycles. The minimum Gasteiger partial charge on any atom is -0.287 e. The molecule has 2 aromatic rings. The molecular formula is C14H16N2O. The summed E-state index contributed by atoms with van der Waals surface area (Å²) < 4.78 is 1.77.